The monoisotopic (exact) mass is 377 g/mol. The Morgan fingerprint density at radius 2 is 1.67 bits per heavy atom. The number of benzene rings is 2. The van der Waals surface area contributed by atoms with Crippen LogP contribution in [0.4, 0.5) is 24.5 Å². The number of hydrogen-bond acceptors (Lipinski definition) is 3. The number of amides is 1. The third kappa shape index (κ3) is 4.80. The Hall–Kier alpha value is -2.54. The highest BCUT2D eigenvalue weighted by Crippen LogP contribution is 2.32. The van der Waals surface area contributed by atoms with Crippen molar-refractivity contribution in [2.75, 3.05) is 36.4 Å². The minimum Gasteiger partial charge on any atom is -0.369 e. The van der Waals surface area contributed by atoms with Crippen LogP contribution in [0.15, 0.2) is 54.6 Å². The molecule has 1 fully saturated rings. The molecule has 7 heteroatoms. The second-order valence-electron chi connectivity index (χ2n) is 6.60. The molecule has 1 aliphatic heterocycles. The number of carbonyl (C=O) groups excluding carboxylic acids is 1. The molecule has 2 aromatic carbocycles. The molecule has 1 atom stereocenters. The van der Waals surface area contributed by atoms with Crippen molar-refractivity contribution in [3.05, 3.63) is 60.2 Å². The Morgan fingerprint density at radius 3 is 2.30 bits per heavy atom. The quantitative estimate of drug-likeness (QED) is 0.879. The molecular weight excluding hydrogens is 355 g/mol. The normalized spacial score (nSPS) is 16.8. The van der Waals surface area contributed by atoms with Crippen LogP contribution in [0, 0.1) is 0 Å². The van der Waals surface area contributed by atoms with Crippen molar-refractivity contribution < 1.29 is 18.0 Å². The summed E-state index contributed by atoms with van der Waals surface area (Å²) in [6.45, 7) is 4.21. The number of rotatable bonds is 4. The zero-order valence-electron chi connectivity index (χ0n) is 15.0. The van der Waals surface area contributed by atoms with Crippen molar-refractivity contribution in [2.24, 2.45) is 0 Å². The number of alkyl halides is 3. The molecule has 0 saturated carbocycles. The maximum atomic E-state index is 12.9. The zero-order valence-corrected chi connectivity index (χ0v) is 15.0. The standard InChI is InChI=1S/C20H22F3N3O/c1-15(19(27)24-17-7-3-2-4-8-17)25-10-12-26(13-11-25)18-9-5-6-16(14-18)20(21,22)23/h2-9,14-15H,10-13H2,1H3,(H,24,27)/t15-/m1/s1. The van der Waals surface area contributed by atoms with Gasteiger partial charge in [-0.1, -0.05) is 24.3 Å². The lowest BCUT2D eigenvalue weighted by Crippen LogP contribution is -2.52. The Bertz CT molecular complexity index is 772. The van der Waals surface area contributed by atoms with Gasteiger partial charge in [-0.2, -0.15) is 13.2 Å². The fourth-order valence-corrected chi connectivity index (χ4v) is 3.18. The molecule has 3 rings (SSSR count). The molecule has 1 amide bonds. The Morgan fingerprint density at radius 1 is 1.00 bits per heavy atom. The first-order chi connectivity index (χ1) is 12.8. The third-order valence-corrected chi connectivity index (χ3v) is 4.82. The molecule has 0 bridgehead atoms. The lowest BCUT2D eigenvalue weighted by molar-refractivity contribution is -0.137. The number of anilines is 2. The van der Waals surface area contributed by atoms with Gasteiger partial charge in [0.1, 0.15) is 0 Å². The van der Waals surface area contributed by atoms with Crippen LogP contribution in [0.5, 0.6) is 0 Å². The van der Waals surface area contributed by atoms with Gasteiger partial charge in [-0.15, -0.1) is 0 Å². The van der Waals surface area contributed by atoms with E-state index in [1.54, 1.807) is 6.07 Å². The highest BCUT2D eigenvalue weighted by atomic mass is 19.4. The first-order valence-corrected chi connectivity index (χ1v) is 8.87. The van der Waals surface area contributed by atoms with E-state index in [2.05, 4.69) is 5.32 Å². The van der Waals surface area contributed by atoms with Gasteiger partial charge in [0, 0.05) is 37.6 Å². The van der Waals surface area contributed by atoms with Gasteiger partial charge < -0.3 is 10.2 Å². The van der Waals surface area contributed by atoms with E-state index in [9.17, 15) is 18.0 Å². The molecule has 1 aliphatic rings. The number of hydrogen-bond donors (Lipinski definition) is 1. The molecule has 2 aromatic rings. The van der Waals surface area contributed by atoms with Gasteiger partial charge in [0.25, 0.3) is 0 Å². The Labute approximate surface area is 156 Å². The highest BCUT2D eigenvalue weighted by molar-refractivity contribution is 5.94. The van der Waals surface area contributed by atoms with Crippen molar-refractivity contribution in [2.45, 2.75) is 19.1 Å². The van der Waals surface area contributed by atoms with Gasteiger partial charge in [-0.3, -0.25) is 9.69 Å². The fourth-order valence-electron chi connectivity index (χ4n) is 3.18. The topological polar surface area (TPSA) is 35.6 Å². The van der Waals surface area contributed by atoms with Crippen LogP contribution in [-0.2, 0) is 11.0 Å². The summed E-state index contributed by atoms with van der Waals surface area (Å²) in [4.78, 5) is 16.4. The number of para-hydroxylation sites is 1. The lowest BCUT2D eigenvalue weighted by atomic mass is 10.1. The molecule has 27 heavy (non-hydrogen) atoms. The predicted molar refractivity (Wildman–Crippen MR) is 99.8 cm³/mol. The summed E-state index contributed by atoms with van der Waals surface area (Å²) in [6.07, 6.45) is -4.35. The van der Waals surface area contributed by atoms with Crippen LogP contribution >= 0.6 is 0 Å². The Balaban J connectivity index is 1.58. The van der Waals surface area contributed by atoms with Gasteiger partial charge in [-0.25, -0.2) is 0 Å². The third-order valence-electron chi connectivity index (χ3n) is 4.82. The van der Waals surface area contributed by atoms with E-state index < -0.39 is 11.7 Å². The summed E-state index contributed by atoms with van der Waals surface area (Å²) in [5.41, 5.74) is 0.667. The average Bonchev–Trinajstić information content (AvgIpc) is 2.68. The summed E-state index contributed by atoms with van der Waals surface area (Å²) in [5.74, 6) is -0.0891. The van der Waals surface area contributed by atoms with E-state index in [1.807, 2.05) is 47.1 Å². The smallest absolute Gasteiger partial charge is 0.369 e. The summed E-state index contributed by atoms with van der Waals surface area (Å²) >= 11 is 0. The molecule has 1 heterocycles. The zero-order chi connectivity index (χ0) is 19.4. The lowest BCUT2D eigenvalue weighted by Gasteiger charge is -2.38. The number of nitrogens with zero attached hydrogens (tertiary/aromatic N) is 2. The average molecular weight is 377 g/mol. The first-order valence-electron chi connectivity index (χ1n) is 8.87. The summed E-state index contributed by atoms with van der Waals surface area (Å²) < 4.78 is 38.7. The van der Waals surface area contributed by atoms with Crippen molar-refractivity contribution in [3.63, 3.8) is 0 Å². The van der Waals surface area contributed by atoms with E-state index in [0.29, 0.717) is 31.9 Å². The fraction of sp³-hybridized carbons (Fsp3) is 0.350. The molecule has 0 aliphatic carbocycles. The number of piperazine rings is 1. The number of nitrogens with one attached hydrogen (secondary N) is 1. The molecule has 1 N–H and O–H groups in total. The molecule has 1 saturated heterocycles. The molecular formula is C20H22F3N3O. The van der Waals surface area contributed by atoms with Gasteiger partial charge in [0.15, 0.2) is 0 Å². The summed E-state index contributed by atoms with van der Waals surface area (Å²) in [5, 5.41) is 2.89. The van der Waals surface area contributed by atoms with Crippen molar-refractivity contribution in [1.82, 2.24) is 4.90 Å². The minimum absolute atomic E-state index is 0.0891. The number of carbonyl (C=O) groups is 1. The van der Waals surface area contributed by atoms with Gasteiger partial charge in [0.2, 0.25) is 5.91 Å². The molecule has 0 unspecified atom stereocenters. The van der Waals surface area contributed by atoms with Gasteiger partial charge in [0.05, 0.1) is 11.6 Å². The van der Waals surface area contributed by atoms with Crippen molar-refractivity contribution in [3.8, 4) is 0 Å². The number of halogens is 3. The van der Waals surface area contributed by atoms with Crippen LogP contribution in [0.25, 0.3) is 0 Å². The van der Waals surface area contributed by atoms with Crippen LogP contribution in [-0.4, -0.2) is 43.0 Å². The van der Waals surface area contributed by atoms with E-state index in [4.69, 9.17) is 0 Å². The van der Waals surface area contributed by atoms with E-state index >= 15 is 0 Å². The predicted octanol–water partition coefficient (Wildman–Crippen LogP) is 3.85. The van der Waals surface area contributed by atoms with Gasteiger partial charge in [-0.05, 0) is 37.3 Å². The van der Waals surface area contributed by atoms with Gasteiger partial charge >= 0.3 is 6.18 Å². The van der Waals surface area contributed by atoms with Crippen molar-refractivity contribution >= 4 is 17.3 Å². The molecule has 0 radical (unpaired) electrons. The van der Waals surface area contributed by atoms with E-state index in [-0.39, 0.29) is 11.9 Å². The highest BCUT2D eigenvalue weighted by Gasteiger charge is 2.31. The SMILES string of the molecule is C[C@H](C(=O)Nc1ccccc1)N1CCN(c2cccc(C(F)(F)F)c2)CC1. The minimum atomic E-state index is -4.35. The maximum Gasteiger partial charge on any atom is 0.416 e. The second kappa shape index (κ2) is 8.00. The second-order valence-corrected chi connectivity index (χ2v) is 6.60. The molecule has 144 valence electrons. The van der Waals surface area contributed by atoms with Crippen LogP contribution in [0.2, 0.25) is 0 Å². The first kappa shape index (κ1) is 19.2. The van der Waals surface area contributed by atoms with Crippen molar-refractivity contribution in [1.29, 1.82) is 0 Å². The van der Waals surface area contributed by atoms with Crippen LogP contribution in [0.1, 0.15) is 12.5 Å². The van der Waals surface area contributed by atoms with Crippen LogP contribution < -0.4 is 10.2 Å². The summed E-state index contributed by atoms with van der Waals surface area (Å²) in [7, 11) is 0. The van der Waals surface area contributed by atoms with E-state index in [0.717, 1.165) is 11.8 Å². The molecule has 4 nitrogen and oxygen atoms in total. The maximum absolute atomic E-state index is 12.9. The molecule has 0 aromatic heterocycles. The Kier molecular flexibility index (Phi) is 5.70. The van der Waals surface area contributed by atoms with Crippen LogP contribution in [0.3, 0.4) is 0 Å². The van der Waals surface area contributed by atoms with E-state index in [1.165, 1.54) is 12.1 Å². The summed E-state index contributed by atoms with van der Waals surface area (Å²) in [6, 6.07) is 14.3. The molecule has 0 spiro atoms. The largest absolute Gasteiger partial charge is 0.416 e.